The lowest BCUT2D eigenvalue weighted by molar-refractivity contribution is 0.0730. The van der Waals surface area contributed by atoms with Crippen LogP contribution in [0.5, 0.6) is 0 Å². The molecule has 0 spiro atoms. The van der Waals surface area contributed by atoms with E-state index in [0.717, 1.165) is 16.7 Å². The van der Waals surface area contributed by atoms with Crippen molar-refractivity contribution in [2.75, 3.05) is 5.32 Å². The first-order valence-corrected chi connectivity index (χ1v) is 11.3. The lowest BCUT2D eigenvalue weighted by atomic mass is 10.1. The average Bonchev–Trinajstić information content (AvgIpc) is 2.89. The van der Waals surface area contributed by atoms with E-state index in [4.69, 9.17) is 5.73 Å². The topological polar surface area (TPSA) is 75.4 Å². The molecule has 0 bridgehead atoms. The Hall–Kier alpha value is -4.29. The van der Waals surface area contributed by atoms with Gasteiger partial charge in [-0.25, -0.2) is 4.39 Å². The van der Waals surface area contributed by atoms with Gasteiger partial charge in [0.2, 0.25) is 0 Å². The van der Waals surface area contributed by atoms with Crippen LogP contribution < -0.4 is 11.1 Å². The maximum atomic E-state index is 13.6. The smallest absolute Gasteiger partial charge is 0.255 e. The predicted molar refractivity (Wildman–Crippen MR) is 135 cm³/mol. The van der Waals surface area contributed by atoms with Crippen molar-refractivity contribution in [3.05, 3.63) is 137 Å². The molecule has 0 heterocycles. The van der Waals surface area contributed by atoms with Crippen molar-refractivity contribution in [3.63, 3.8) is 0 Å². The number of hydrogen-bond donors (Lipinski definition) is 2. The Labute approximate surface area is 204 Å². The van der Waals surface area contributed by atoms with E-state index in [-0.39, 0.29) is 18.0 Å². The molecule has 0 fully saturated rings. The van der Waals surface area contributed by atoms with Crippen LogP contribution in [0, 0.1) is 5.82 Å². The minimum atomic E-state index is -0.481. The number of nitrogens with zero attached hydrogens (tertiary/aromatic N) is 1. The van der Waals surface area contributed by atoms with Crippen molar-refractivity contribution in [1.29, 1.82) is 0 Å². The van der Waals surface area contributed by atoms with E-state index in [1.807, 2.05) is 54.6 Å². The molecule has 35 heavy (non-hydrogen) atoms. The van der Waals surface area contributed by atoms with Gasteiger partial charge in [0.1, 0.15) is 5.82 Å². The average molecular weight is 468 g/mol. The molecule has 5 nitrogen and oxygen atoms in total. The Morgan fingerprint density at radius 3 is 2.20 bits per heavy atom. The Bertz CT molecular complexity index is 1320. The Morgan fingerprint density at radius 1 is 0.743 bits per heavy atom. The van der Waals surface area contributed by atoms with Gasteiger partial charge in [0.15, 0.2) is 0 Å². The fourth-order valence-corrected chi connectivity index (χ4v) is 3.85. The van der Waals surface area contributed by atoms with Crippen LogP contribution in [0.1, 0.15) is 37.4 Å². The molecule has 4 aromatic carbocycles. The summed E-state index contributed by atoms with van der Waals surface area (Å²) in [5.41, 5.74) is 9.85. The number of hydrogen-bond acceptors (Lipinski definition) is 3. The van der Waals surface area contributed by atoms with E-state index in [1.165, 1.54) is 18.2 Å². The third-order valence-electron chi connectivity index (χ3n) is 5.62. The Balaban J connectivity index is 1.62. The second-order valence-electron chi connectivity index (χ2n) is 8.17. The van der Waals surface area contributed by atoms with E-state index in [9.17, 15) is 14.0 Å². The number of nitrogens with one attached hydrogen (secondary N) is 1. The molecule has 6 heteroatoms. The highest BCUT2D eigenvalue weighted by atomic mass is 19.1. The quantitative estimate of drug-likeness (QED) is 0.365. The Morgan fingerprint density at radius 2 is 1.43 bits per heavy atom. The molecule has 2 amide bonds. The van der Waals surface area contributed by atoms with E-state index < -0.39 is 11.7 Å². The second kappa shape index (κ2) is 11.2. The summed E-state index contributed by atoms with van der Waals surface area (Å²) in [6, 6.07) is 29.7. The molecule has 0 aromatic heterocycles. The lowest BCUT2D eigenvalue weighted by Gasteiger charge is -2.25. The summed E-state index contributed by atoms with van der Waals surface area (Å²) in [7, 11) is 0. The SMILES string of the molecule is NCc1cccc(CN(Cc2ccccc2NC(=O)c2cccc(F)c2)C(=O)c2ccccc2)c1. The van der Waals surface area contributed by atoms with Crippen LogP contribution in [0.3, 0.4) is 0 Å². The highest BCUT2D eigenvalue weighted by Crippen LogP contribution is 2.22. The number of halogens is 1. The first-order chi connectivity index (χ1) is 17.0. The van der Waals surface area contributed by atoms with Gasteiger partial charge >= 0.3 is 0 Å². The number of nitrogens with two attached hydrogens (primary N) is 1. The van der Waals surface area contributed by atoms with Crippen molar-refractivity contribution >= 4 is 17.5 Å². The van der Waals surface area contributed by atoms with E-state index in [2.05, 4.69) is 5.32 Å². The highest BCUT2D eigenvalue weighted by molar-refractivity contribution is 6.04. The first kappa shape index (κ1) is 23.9. The van der Waals surface area contributed by atoms with Gasteiger partial charge in [-0.3, -0.25) is 9.59 Å². The number of carbonyl (C=O) groups is 2. The number of carbonyl (C=O) groups excluding carboxylic acids is 2. The normalized spacial score (nSPS) is 10.6. The molecule has 4 rings (SSSR count). The number of para-hydroxylation sites is 1. The maximum absolute atomic E-state index is 13.6. The maximum Gasteiger partial charge on any atom is 0.255 e. The fraction of sp³-hybridized carbons (Fsp3) is 0.103. The molecule has 3 N–H and O–H groups in total. The largest absolute Gasteiger partial charge is 0.330 e. The van der Waals surface area contributed by atoms with Crippen LogP contribution in [0.4, 0.5) is 10.1 Å². The predicted octanol–water partition coefficient (Wildman–Crippen LogP) is 5.38. The lowest BCUT2D eigenvalue weighted by Crippen LogP contribution is -2.30. The summed E-state index contributed by atoms with van der Waals surface area (Å²) in [6.45, 7) is 1.04. The van der Waals surface area contributed by atoms with Gasteiger partial charge < -0.3 is 16.0 Å². The van der Waals surface area contributed by atoms with Gasteiger partial charge in [-0.1, -0.05) is 66.7 Å². The molecule has 0 radical (unpaired) electrons. The molecule has 176 valence electrons. The molecular formula is C29H26FN3O2. The second-order valence-corrected chi connectivity index (χ2v) is 8.17. The van der Waals surface area contributed by atoms with Crippen LogP contribution in [0.15, 0.2) is 103 Å². The minimum absolute atomic E-state index is 0.130. The third kappa shape index (κ3) is 6.19. The van der Waals surface area contributed by atoms with E-state index in [1.54, 1.807) is 35.2 Å². The Kier molecular flexibility index (Phi) is 7.65. The van der Waals surface area contributed by atoms with Gasteiger partial charge in [-0.15, -0.1) is 0 Å². The third-order valence-corrected chi connectivity index (χ3v) is 5.62. The number of benzene rings is 4. The van der Waals surface area contributed by atoms with Gasteiger partial charge in [0.05, 0.1) is 0 Å². The summed E-state index contributed by atoms with van der Waals surface area (Å²) in [5, 5.41) is 2.86. The summed E-state index contributed by atoms with van der Waals surface area (Å²) >= 11 is 0. The van der Waals surface area contributed by atoms with Crippen LogP contribution in [-0.4, -0.2) is 16.7 Å². The van der Waals surface area contributed by atoms with E-state index in [0.29, 0.717) is 24.3 Å². The number of anilines is 1. The van der Waals surface area contributed by atoms with Crippen LogP contribution in [0.25, 0.3) is 0 Å². The van der Waals surface area contributed by atoms with Crippen molar-refractivity contribution in [3.8, 4) is 0 Å². The molecule has 0 aliphatic rings. The molecule has 0 atom stereocenters. The van der Waals surface area contributed by atoms with Gasteiger partial charge in [0, 0.05) is 36.4 Å². The minimum Gasteiger partial charge on any atom is -0.330 e. The zero-order valence-corrected chi connectivity index (χ0v) is 19.2. The summed E-state index contributed by atoms with van der Waals surface area (Å²) < 4.78 is 13.6. The molecule has 0 aliphatic heterocycles. The standard InChI is InChI=1S/C29H26FN3O2/c30-26-14-7-13-24(17-26)28(34)32-27-15-5-4-12-25(27)20-33(29(35)23-10-2-1-3-11-23)19-22-9-6-8-21(16-22)18-31/h1-17H,18-20,31H2,(H,32,34). The molecule has 0 aliphatic carbocycles. The fourth-order valence-electron chi connectivity index (χ4n) is 3.85. The number of amides is 2. The molecule has 0 unspecified atom stereocenters. The zero-order valence-electron chi connectivity index (χ0n) is 19.2. The van der Waals surface area contributed by atoms with Crippen molar-refractivity contribution in [2.24, 2.45) is 5.73 Å². The molecular weight excluding hydrogens is 441 g/mol. The zero-order chi connectivity index (χ0) is 24.6. The number of rotatable bonds is 8. The van der Waals surface area contributed by atoms with Gasteiger partial charge in [0.25, 0.3) is 11.8 Å². The molecule has 4 aromatic rings. The summed E-state index contributed by atoms with van der Waals surface area (Å²) in [5.74, 6) is -1.03. The van der Waals surface area contributed by atoms with Crippen molar-refractivity contribution in [2.45, 2.75) is 19.6 Å². The van der Waals surface area contributed by atoms with Crippen LogP contribution >= 0.6 is 0 Å². The molecule has 0 saturated heterocycles. The first-order valence-electron chi connectivity index (χ1n) is 11.3. The van der Waals surface area contributed by atoms with Gasteiger partial charge in [-0.2, -0.15) is 0 Å². The van der Waals surface area contributed by atoms with Crippen LogP contribution in [0.2, 0.25) is 0 Å². The van der Waals surface area contributed by atoms with Crippen LogP contribution in [-0.2, 0) is 19.6 Å². The monoisotopic (exact) mass is 467 g/mol. The van der Waals surface area contributed by atoms with Crippen molar-refractivity contribution in [1.82, 2.24) is 4.90 Å². The summed E-state index contributed by atoms with van der Waals surface area (Å²) in [6.07, 6.45) is 0. The van der Waals surface area contributed by atoms with Crippen molar-refractivity contribution < 1.29 is 14.0 Å². The summed E-state index contributed by atoms with van der Waals surface area (Å²) in [4.78, 5) is 28.0. The van der Waals surface area contributed by atoms with Gasteiger partial charge in [-0.05, 0) is 53.1 Å². The highest BCUT2D eigenvalue weighted by Gasteiger charge is 2.19. The molecule has 0 saturated carbocycles. The van der Waals surface area contributed by atoms with E-state index >= 15 is 0 Å².